The van der Waals surface area contributed by atoms with Gasteiger partial charge >= 0.3 is 6.18 Å². The summed E-state index contributed by atoms with van der Waals surface area (Å²) in [6.07, 6.45) is 0.152. The first kappa shape index (κ1) is 15.4. The molecule has 1 fully saturated rings. The van der Waals surface area contributed by atoms with E-state index in [0.29, 0.717) is 17.0 Å². The first-order chi connectivity index (χ1) is 9.28. The Labute approximate surface area is 118 Å². The molecule has 0 saturated heterocycles. The molecule has 20 heavy (non-hydrogen) atoms. The highest BCUT2D eigenvalue weighted by Crippen LogP contribution is 2.36. The first-order valence-corrected chi connectivity index (χ1v) is 7.16. The third-order valence-electron chi connectivity index (χ3n) is 4.11. The Hall–Kier alpha value is -1.03. The van der Waals surface area contributed by atoms with Gasteiger partial charge in [-0.25, -0.2) is 0 Å². The van der Waals surface area contributed by atoms with Crippen LogP contribution in [0, 0.1) is 5.41 Å². The molecule has 1 aromatic carbocycles. The van der Waals surface area contributed by atoms with Gasteiger partial charge in [0.1, 0.15) is 0 Å². The second-order valence-corrected chi connectivity index (χ2v) is 6.49. The van der Waals surface area contributed by atoms with Gasteiger partial charge in [-0.2, -0.15) is 13.2 Å². The summed E-state index contributed by atoms with van der Waals surface area (Å²) in [6, 6.07) is 6.14. The molecule has 0 radical (unpaired) electrons. The summed E-state index contributed by atoms with van der Waals surface area (Å²) in [5.74, 6) is 0. The van der Waals surface area contributed by atoms with Gasteiger partial charge in [0, 0.05) is 12.6 Å². The molecule has 0 spiro atoms. The zero-order chi connectivity index (χ0) is 14.8. The third kappa shape index (κ3) is 3.98. The van der Waals surface area contributed by atoms with Crippen LogP contribution in [0.15, 0.2) is 24.3 Å². The van der Waals surface area contributed by atoms with Gasteiger partial charge in [0.2, 0.25) is 0 Å². The quantitative estimate of drug-likeness (QED) is 0.844. The minimum absolute atomic E-state index is 0.288. The maximum absolute atomic E-state index is 12.9. The number of hydrogen-bond donors (Lipinski definition) is 1. The van der Waals surface area contributed by atoms with Crippen LogP contribution in [0.5, 0.6) is 0 Å². The van der Waals surface area contributed by atoms with Gasteiger partial charge in [-0.05, 0) is 36.3 Å². The normalized spacial score (nSPS) is 22.8. The minimum atomic E-state index is -4.27. The highest BCUT2D eigenvalue weighted by molar-refractivity contribution is 5.29. The molecule has 0 aliphatic heterocycles. The summed E-state index contributed by atoms with van der Waals surface area (Å²) >= 11 is 0. The van der Waals surface area contributed by atoms with Crippen LogP contribution in [0.2, 0.25) is 0 Å². The van der Waals surface area contributed by atoms with E-state index in [1.165, 1.54) is 12.5 Å². The minimum Gasteiger partial charge on any atom is -0.310 e. The van der Waals surface area contributed by atoms with Gasteiger partial charge in [-0.15, -0.1) is 0 Å². The fourth-order valence-corrected chi connectivity index (χ4v) is 3.08. The van der Waals surface area contributed by atoms with Crippen LogP contribution >= 0.6 is 0 Å². The smallest absolute Gasteiger partial charge is 0.310 e. The van der Waals surface area contributed by atoms with Gasteiger partial charge < -0.3 is 5.32 Å². The van der Waals surface area contributed by atoms with Gasteiger partial charge in [0.25, 0.3) is 0 Å². The van der Waals surface area contributed by atoms with Crippen molar-refractivity contribution in [2.45, 2.75) is 58.3 Å². The van der Waals surface area contributed by atoms with E-state index < -0.39 is 11.7 Å². The van der Waals surface area contributed by atoms with Crippen LogP contribution in [0.4, 0.5) is 13.2 Å². The lowest BCUT2D eigenvalue weighted by molar-refractivity contribution is -0.138. The largest absolute Gasteiger partial charge is 0.416 e. The fraction of sp³-hybridized carbons (Fsp3) is 0.625. The predicted molar refractivity (Wildman–Crippen MR) is 74.3 cm³/mol. The molecular weight excluding hydrogens is 263 g/mol. The molecule has 1 saturated carbocycles. The van der Waals surface area contributed by atoms with Crippen LogP contribution in [0.1, 0.15) is 50.7 Å². The standard InChI is InChI=1S/C16H22F3N/c1-15(2)9-5-7-13(10-15)20-11-12-6-3-4-8-14(12)16(17,18)19/h3-4,6,8,13,20H,5,7,9-11H2,1-2H3. The van der Waals surface area contributed by atoms with Crippen LogP contribution in [-0.4, -0.2) is 6.04 Å². The topological polar surface area (TPSA) is 12.0 Å². The Morgan fingerprint density at radius 3 is 2.60 bits per heavy atom. The number of rotatable bonds is 3. The second kappa shape index (κ2) is 5.76. The molecule has 1 nitrogen and oxygen atoms in total. The van der Waals surface area contributed by atoms with Crippen molar-refractivity contribution in [3.63, 3.8) is 0 Å². The van der Waals surface area contributed by atoms with Crippen molar-refractivity contribution < 1.29 is 13.2 Å². The second-order valence-electron chi connectivity index (χ2n) is 6.49. The van der Waals surface area contributed by atoms with E-state index >= 15 is 0 Å². The zero-order valence-electron chi connectivity index (χ0n) is 12.1. The van der Waals surface area contributed by atoms with Crippen molar-refractivity contribution in [3.05, 3.63) is 35.4 Å². The lowest BCUT2D eigenvalue weighted by Gasteiger charge is -2.35. The summed E-state index contributed by atoms with van der Waals surface area (Å²) in [5.41, 5.74) is 0.102. The average molecular weight is 285 g/mol. The average Bonchev–Trinajstić information content (AvgIpc) is 2.34. The van der Waals surface area contributed by atoms with E-state index in [-0.39, 0.29) is 6.54 Å². The van der Waals surface area contributed by atoms with E-state index in [1.807, 2.05) is 0 Å². The molecule has 0 aromatic heterocycles. The van der Waals surface area contributed by atoms with Crippen LogP contribution in [0.25, 0.3) is 0 Å². The van der Waals surface area contributed by atoms with Gasteiger partial charge in [0.15, 0.2) is 0 Å². The number of benzene rings is 1. The monoisotopic (exact) mass is 285 g/mol. The Morgan fingerprint density at radius 2 is 1.95 bits per heavy atom. The third-order valence-corrected chi connectivity index (χ3v) is 4.11. The maximum atomic E-state index is 12.9. The van der Waals surface area contributed by atoms with Crippen molar-refractivity contribution in [1.82, 2.24) is 5.32 Å². The van der Waals surface area contributed by atoms with E-state index in [2.05, 4.69) is 19.2 Å². The summed E-state index contributed by atoms with van der Waals surface area (Å²) in [5, 5.41) is 3.31. The molecule has 1 atom stereocenters. The molecule has 0 bridgehead atoms. The van der Waals surface area contributed by atoms with E-state index in [0.717, 1.165) is 25.3 Å². The molecule has 112 valence electrons. The summed E-state index contributed by atoms with van der Waals surface area (Å²) < 4.78 is 38.7. The summed E-state index contributed by atoms with van der Waals surface area (Å²) in [6.45, 7) is 4.74. The van der Waals surface area contributed by atoms with Gasteiger partial charge in [0.05, 0.1) is 5.56 Å². The Bertz CT molecular complexity index is 451. The number of halogens is 3. The predicted octanol–water partition coefficient (Wildman–Crippen LogP) is 4.76. The number of nitrogens with one attached hydrogen (secondary N) is 1. The lowest BCUT2D eigenvalue weighted by atomic mass is 9.75. The highest BCUT2D eigenvalue weighted by atomic mass is 19.4. The molecule has 1 aromatic rings. The van der Waals surface area contributed by atoms with Crippen molar-refractivity contribution in [2.24, 2.45) is 5.41 Å². The van der Waals surface area contributed by atoms with Gasteiger partial charge in [-0.1, -0.05) is 38.5 Å². The number of alkyl halides is 3. The van der Waals surface area contributed by atoms with E-state index in [1.54, 1.807) is 12.1 Å². The molecule has 0 heterocycles. The SMILES string of the molecule is CC1(C)CCCC(NCc2ccccc2C(F)(F)F)C1. The molecule has 0 amide bonds. The lowest BCUT2D eigenvalue weighted by Crippen LogP contribution is -2.37. The van der Waals surface area contributed by atoms with Gasteiger partial charge in [-0.3, -0.25) is 0 Å². The van der Waals surface area contributed by atoms with E-state index in [4.69, 9.17) is 0 Å². The molecule has 1 unspecified atom stereocenters. The molecule has 1 aliphatic rings. The zero-order valence-corrected chi connectivity index (χ0v) is 12.1. The van der Waals surface area contributed by atoms with Crippen LogP contribution < -0.4 is 5.32 Å². The van der Waals surface area contributed by atoms with Crippen molar-refractivity contribution in [2.75, 3.05) is 0 Å². The Kier molecular flexibility index (Phi) is 4.43. The number of hydrogen-bond acceptors (Lipinski definition) is 1. The molecular formula is C16H22F3N. The fourth-order valence-electron chi connectivity index (χ4n) is 3.08. The van der Waals surface area contributed by atoms with Crippen molar-refractivity contribution in [3.8, 4) is 0 Å². The summed E-state index contributed by atoms with van der Waals surface area (Å²) in [4.78, 5) is 0. The molecule has 4 heteroatoms. The van der Waals surface area contributed by atoms with E-state index in [9.17, 15) is 13.2 Å². The highest BCUT2D eigenvalue weighted by Gasteiger charge is 2.33. The van der Waals surface area contributed by atoms with Crippen molar-refractivity contribution in [1.29, 1.82) is 0 Å². The van der Waals surface area contributed by atoms with Crippen molar-refractivity contribution >= 4 is 0 Å². The molecule has 2 rings (SSSR count). The molecule has 1 aliphatic carbocycles. The molecule has 1 N–H and O–H groups in total. The first-order valence-electron chi connectivity index (χ1n) is 7.16. The Balaban J connectivity index is 2.01. The van der Waals surface area contributed by atoms with Crippen LogP contribution in [0.3, 0.4) is 0 Å². The Morgan fingerprint density at radius 1 is 1.25 bits per heavy atom. The maximum Gasteiger partial charge on any atom is 0.416 e. The van der Waals surface area contributed by atoms with Crippen LogP contribution in [-0.2, 0) is 12.7 Å². The summed E-state index contributed by atoms with van der Waals surface area (Å²) in [7, 11) is 0.